The van der Waals surface area contributed by atoms with Gasteiger partial charge in [-0.2, -0.15) is 5.10 Å². The summed E-state index contributed by atoms with van der Waals surface area (Å²) in [5.74, 6) is 0. The van der Waals surface area contributed by atoms with Crippen molar-refractivity contribution in [3.63, 3.8) is 0 Å². The molecule has 1 aromatic heterocycles. The zero-order valence-corrected chi connectivity index (χ0v) is 10.2. The molecule has 0 saturated carbocycles. The first-order valence-electron chi connectivity index (χ1n) is 6.07. The summed E-state index contributed by atoms with van der Waals surface area (Å²) in [5.41, 5.74) is 0.915. The largest absolute Gasteiger partial charge is 0.387 e. The molecule has 0 radical (unpaired) electrons. The minimum absolute atomic E-state index is 0.422. The van der Waals surface area contributed by atoms with Gasteiger partial charge < -0.3 is 9.84 Å². The summed E-state index contributed by atoms with van der Waals surface area (Å²) < 4.78 is 7.13. The molecule has 0 spiro atoms. The van der Waals surface area contributed by atoms with Crippen molar-refractivity contribution in [3.05, 3.63) is 18.0 Å². The lowest BCUT2D eigenvalue weighted by atomic mass is 10.1. The van der Waals surface area contributed by atoms with Crippen molar-refractivity contribution in [3.8, 4) is 0 Å². The highest BCUT2D eigenvalue weighted by Crippen LogP contribution is 2.18. The quantitative estimate of drug-likeness (QED) is 0.691. The van der Waals surface area contributed by atoms with Crippen LogP contribution in [0.2, 0.25) is 0 Å². The van der Waals surface area contributed by atoms with Crippen LogP contribution < -0.4 is 0 Å². The van der Waals surface area contributed by atoms with Crippen molar-refractivity contribution >= 4 is 0 Å². The van der Waals surface area contributed by atoms with Gasteiger partial charge in [0.2, 0.25) is 0 Å². The van der Waals surface area contributed by atoms with Gasteiger partial charge in [-0.3, -0.25) is 4.68 Å². The van der Waals surface area contributed by atoms with Gasteiger partial charge in [-0.05, 0) is 32.3 Å². The van der Waals surface area contributed by atoms with Crippen LogP contribution in [-0.2, 0) is 11.3 Å². The SMILES string of the molecule is CCCn1nccc1C(O)CCCOCC. The average Bonchev–Trinajstić information content (AvgIpc) is 2.73. The number of nitrogens with zero attached hydrogens (tertiary/aromatic N) is 2. The fourth-order valence-corrected chi connectivity index (χ4v) is 1.70. The first kappa shape index (κ1) is 13.2. The van der Waals surface area contributed by atoms with Crippen molar-refractivity contribution in [2.24, 2.45) is 0 Å². The van der Waals surface area contributed by atoms with E-state index in [0.717, 1.165) is 44.7 Å². The van der Waals surface area contributed by atoms with E-state index in [1.165, 1.54) is 0 Å². The smallest absolute Gasteiger partial charge is 0.0957 e. The van der Waals surface area contributed by atoms with E-state index >= 15 is 0 Å². The van der Waals surface area contributed by atoms with Crippen molar-refractivity contribution in [1.82, 2.24) is 9.78 Å². The molecule has 1 unspecified atom stereocenters. The van der Waals surface area contributed by atoms with Crippen molar-refractivity contribution in [1.29, 1.82) is 0 Å². The Bertz CT molecular complexity index is 286. The van der Waals surface area contributed by atoms with E-state index < -0.39 is 6.10 Å². The monoisotopic (exact) mass is 226 g/mol. The summed E-state index contributed by atoms with van der Waals surface area (Å²) in [5, 5.41) is 14.2. The molecule has 1 aromatic rings. The van der Waals surface area contributed by atoms with E-state index in [-0.39, 0.29) is 0 Å². The number of hydrogen-bond donors (Lipinski definition) is 1. The summed E-state index contributed by atoms with van der Waals surface area (Å²) in [6.07, 6.45) is 3.97. The molecular formula is C12H22N2O2. The lowest BCUT2D eigenvalue weighted by Crippen LogP contribution is -2.09. The fraction of sp³-hybridized carbons (Fsp3) is 0.750. The van der Waals surface area contributed by atoms with Gasteiger partial charge in [0, 0.05) is 26.0 Å². The van der Waals surface area contributed by atoms with Gasteiger partial charge in [-0.25, -0.2) is 0 Å². The summed E-state index contributed by atoms with van der Waals surface area (Å²) in [4.78, 5) is 0. The maximum Gasteiger partial charge on any atom is 0.0957 e. The maximum absolute atomic E-state index is 10.00. The van der Waals surface area contributed by atoms with Crippen LogP contribution in [0.3, 0.4) is 0 Å². The van der Waals surface area contributed by atoms with Gasteiger partial charge in [0.1, 0.15) is 0 Å². The molecule has 0 saturated heterocycles. The molecule has 1 atom stereocenters. The Kier molecular flexibility index (Phi) is 6.11. The summed E-state index contributed by atoms with van der Waals surface area (Å²) in [6.45, 7) is 6.41. The number of rotatable bonds is 8. The fourth-order valence-electron chi connectivity index (χ4n) is 1.70. The highest BCUT2D eigenvalue weighted by molar-refractivity contribution is 5.04. The third kappa shape index (κ3) is 3.94. The molecule has 0 aliphatic heterocycles. The van der Waals surface area contributed by atoms with Crippen LogP contribution in [0.15, 0.2) is 12.3 Å². The molecular weight excluding hydrogens is 204 g/mol. The van der Waals surface area contributed by atoms with Crippen LogP contribution in [0.25, 0.3) is 0 Å². The first-order valence-corrected chi connectivity index (χ1v) is 6.07. The number of hydrogen-bond acceptors (Lipinski definition) is 3. The number of aliphatic hydroxyl groups is 1. The van der Waals surface area contributed by atoms with E-state index in [0.29, 0.717) is 0 Å². The van der Waals surface area contributed by atoms with E-state index in [9.17, 15) is 5.11 Å². The van der Waals surface area contributed by atoms with E-state index in [1.807, 2.05) is 17.7 Å². The predicted molar refractivity (Wildman–Crippen MR) is 63.2 cm³/mol. The topological polar surface area (TPSA) is 47.3 Å². The number of aromatic nitrogens is 2. The Balaban J connectivity index is 2.39. The Morgan fingerprint density at radius 3 is 3.00 bits per heavy atom. The van der Waals surface area contributed by atoms with E-state index in [2.05, 4.69) is 12.0 Å². The standard InChI is InChI=1S/C12H22N2O2/c1-3-9-14-11(7-8-13-14)12(15)6-5-10-16-4-2/h7-8,12,15H,3-6,9-10H2,1-2H3. The van der Waals surface area contributed by atoms with Gasteiger partial charge in [-0.15, -0.1) is 0 Å². The van der Waals surface area contributed by atoms with Crippen LogP contribution in [0.4, 0.5) is 0 Å². The van der Waals surface area contributed by atoms with Crippen LogP contribution in [0.1, 0.15) is 44.9 Å². The molecule has 0 aliphatic rings. The lowest BCUT2D eigenvalue weighted by molar-refractivity contribution is 0.110. The molecule has 1 N–H and O–H groups in total. The lowest BCUT2D eigenvalue weighted by Gasteiger charge is -2.12. The van der Waals surface area contributed by atoms with Crippen molar-refractivity contribution < 1.29 is 9.84 Å². The molecule has 1 heterocycles. The summed E-state index contributed by atoms with van der Waals surface area (Å²) >= 11 is 0. The molecule has 0 bridgehead atoms. The normalized spacial score (nSPS) is 12.9. The van der Waals surface area contributed by atoms with E-state index in [4.69, 9.17) is 4.74 Å². The van der Waals surface area contributed by atoms with Crippen LogP contribution >= 0.6 is 0 Å². The molecule has 0 aliphatic carbocycles. The third-order valence-corrected chi connectivity index (χ3v) is 2.50. The van der Waals surface area contributed by atoms with Crippen molar-refractivity contribution in [2.45, 2.75) is 45.8 Å². The van der Waals surface area contributed by atoms with Gasteiger partial charge in [0.25, 0.3) is 0 Å². The van der Waals surface area contributed by atoms with Crippen LogP contribution in [0.5, 0.6) is 0 Å². The van der Waals surface area contributed by atoms with Crippen molar-refractivity contribution in [2.75, 3.05) is 13.2 Å². The maximum atomic E-state index is 10.00. The minimum Gasteiger partial charge on any atom is -0.387 e. The molecule has 1 rings (SSSR count). The number of aliphatic hydroxyl groups excluding tert-OH is 1. The molecule has 4 heteroatoms. The minimum atomic E-state index is -0.422. The zero-order valence-electron chi connectivity index (χ0n) is 10.2. The molecule has 16 heavy (non-hydrogen) atoms. The Labute approximate surface area is 97.2 Å². The second-order valence-corrected chi connectivity index (χ2v) is 3.83. The highest BCUT2D eigenvalue weighted by atomic mass is 16.5. The number of aryl methyl sites for hydroxylation is 1. The molecule has 0 fully saturated rings. The second kappa shape index (κ2) is 7.41. The summed E-state index contributed by atoms with van der Waals surface area (Å²) in [6, 6.07) is 1.89. The van der Waals surface area contributed by atoms with Crippen LogP contribution in [0, 0.1) is 0 Å². The third-order valence-electron chi connectivity index (χ3n) is 2.50. The second-order valence-electron chi connectivity index (χ2n) is 3.83. The summed E-state index contributed by atoms with van der Waals surface area (Å²) in [7, 11) is 0. The van der Waals surface area contributed by atoms with Gasteiger partial charge >= 0.3 is 0 Å². The molecule has 0 amide bonds. The predicted octanol–water partition coefficient (Wildman–Crippen LogP) is 2.14. The van der Waals surface area contributed by atoms with Gasteiger partial charge in [0.15, 0.2) is 0 Å². The number of ether oxygens (including phenoxy) is 1. The first-order chi connectivity index (χ1) is 7.79. The Hall–Kier alpha value is -0.870. The molecule has 92 valence electrons. The zero-order chi connectivity index (χ0) is 11.8. The Morgan fingerprint density at radius 2 is 2.31 bits per heavy atom. The molecule has 0 aromatic carbocycles. The Morgan fingerprint density at radius 1 is 1.50 bits per heavy atom. The average molecular weight is 226 g/mol. The van der Waals surface area contributed by atoms with E-state index in [1.54, 1.807) is 6.20 Å². The van der Waals surface area contributed by atoms with Gasteiger partial charge in [0.05, 0.1) is 11.8 Å². The highest BCUT2D eigenvalue weighted by Gasteiger charge is 2.12. The van der Waals surface area contributed by atoms with Crippen LogP contribution in [-0.4, -0.2) is 28.1 Å². The van der Waals surface area contributed by atoms with Gasteiger partial charge in [-0.1, -0.05) is 6.92 Å². The molecule has 4 nitrogen and oxygen atoms in total.